The van der Waals surface area contributed by atoms with Crippen molar-refractivity contribution in [2.24, 2.45) is 0 Å². The molecule has 2 atom stereocenters. The molecule has 90 valence electrons. The standard InChI is InChI=1S/C12H26N2O/c1-9(2)14(12(3,4)5)8-10-6-11(15)7-13-10/h9-11,13,15H,6-8H2,1-5H3. The number of hydrogen-bond acceptors (Lipinski definition) is 3. The van der Waals surface area contributed by atoms with Gasteiger partial charge < -0.3 is 10.4 Å². The molecule has 15 heavy (non-hydrogen) atoms. The second kappa shape index (κ2) is 4.81. The molecule has 0 aromatic heterocycles. The highest BCUT2D eigenvalue weighted by Crippen LogP contribution is 2.19. The van der Waals surface area contributed by atoms with Crippen molar-refractivity contribution >= 4 is 0 Å². The monoisotopic (exact) mass is 214 g/mol. The summed E-state index contributed by atoms with van der Waals surface area (Å²) in [6.45, 7) is 13.0. The van der Waals surface area contributed by atoms with E-state index in [0.717, 1.165) is 19.5 Å². The molecule has 0 aromatic carbocycles. The van der Waals surface area contributed by atoms with Crippen molar-refractivity contribution in [3.8, 4) is 0 Å². The predicted octanol–water partition coefficient (Wildman–Crippen LogP) is 1.22. The number of β-amino-alcohol motifs (C(OH)–C–C–N with tert-alkyl or cyclic N) is 1. The molecule has 0 amide bonds. The molecule has 3 heteroatoms. The number of hydrogen-bond donors (Lipinski definition) is 2. The van der Waals surface area contributed by atoms with Crippen molar-refractivity contribution < 1.29 is 5.11 Å². The van der Waals surface area contributed by atoms with E-state index >= 15 is 0 Å². The largest absolute Gasteiger partial charge is 0.392 e. The van der Waals surface area contributed by atoms with Crippen LogP contribution in [0.1, 0.15) is 41.0 Å². The summed E-state index contributed by atoms with van der Waals surface area (Å²) in [5.41, 5.74) is 0.198. The Hall–Kier alpha value is -0.120. The first-order chi connectivity index (χ1) is 6.80. The molecule has 1 rings (SSSR count). The molecule has 1 aliphatic heterocycles. The average molecular weight is 214 g/mol. The molecule has 1 saturated heterocycles. The molecule has 1 heterocycles. The lowest BCUT2D eigenvalue weighted by atomic mass is 10.0. The van der Waals surface area contributed by atoms with Crippen LogP contribution in [0.25, 0.3) is 0 Å². The smallest absolute Gasteiger partial charge is 0.0680 e. The van der Waals surface area contributed by atoms with Crippen LogP contribution < -0.4 is 5.32 Å². The van der Waals surface area contributed by atoms with Gasteiger partial charge in [0.05, 0.1) is 6.10 Å². The van der Waals surface area contributed by atoms with Gasteiger partial charge in [-0.3, -0.25) is 4.90 Å². The zero-order valence-electron chi connectivity index (χ0n) is 10.7. The summed E-state index contributed by atoms with van der Waals surface area (Å²) >= 11 is 0. The number of nitrogens with one attached hydrogen (secondary N) is 1. The first kappa shape index (κ1) is 12.9. The third-order valence-electron chi connectivity index (χ3n) is 3.10. The lowest BCUT2D eigenvalue weighted by molar-refractivity contribution is 0.0860. The van der Waals surface area contributed by atoms with Gasteiger partial charge in [0.2, 0.25) is 0 Å². The van der Waals surface area contributed by atoms with Gasteiger partial charge in [0.25, 0.3) is 0 Å². The molecule has 0 saturated carbocycles. The lowest BCUT2D eigenvalue weighted by Crippen LogP contribution is -2.50. The molecular weight excluding hydrogens is 188 g/mol. The number of rotatable bonds is 3. The predicted molar refractivity (Wildman–Crippen MR) is 64.0 cm³/mol. The fraction of sp³-hybridized carbons (Fsp3) is 1.00. The molecular formula is C12H26N2O. The van der Waals surface area contributed by atoms with Crippen molar-refractivity contribution in [3.05, 3.63) is 0 Å². The first-order valence-corrected chi connectivity index (χ1v) is 5.99. The summed E-state index contributed by atoms with van der Waals surface area (Å²) in [6.07, 6.45) is 0.739. The molecule has 2 unspecified atom stereocenters. The van der Waals surface area contributed by atoms with Crippen LogP contribution in [0.4, 0.5) is 0 Å². The van der Waals surface area contributed by atoms with Gasteiger partial charge in [-0.2, -0.15) is 0 Å². The highest BCUT2D eigenvalue weighted by molar-refractivity contribution is 4.88. The minimum atomic E-state index is -0.149. The molecule has 0 aliphatic carbocycles. The summed E-state index contributed by atoms with van der Waals surface area (Å²) in [6, 6.07) is 0.992. The maximum atomic E-state index is 9.47. The quantitative estimate of drug-likeness (QED) is 0.741. The van der Waals surface area contributed by atoms with E-state index in [9.17, 15) is 5.11 Å². The fourth-order valence-electron chi connectivity index (χ4n) is 2.43. The fourth-order valence-corrected chi connectivity index (χ4v) is 2.43. The SMILES string of the molecule is CC(C)N(CC1CC(O)CN1)C(C)(C)C. The van der Waals surface area contributed by atoms with Crippen LogP contribution in [-0.2, 0) is 0 Å². The van der Waals surface area contributed by atoms with Gasteiger partial charge in [0.15, 0.2) is 0 Å². The van der Waals surface area contributed by atoms with E-state index in [4.69, 9.17) is 0 Å². The van der Waals surface area contributed by atoms with Gasteiger partial charge >= 0.3 is 0 Å². The van der Waals surface area contributed by atoms with Crippen LogP contribution in [0, 0.1) is 0 Å². The van der Waals surface area contributed by atoms with Crippen molar-refractivity contribution in [2.45, 2.75) is 64.8 Å². The van der Waals surface area contributed by atoms with E-state index in [1.807, 2.05) is 0 Å². The van der Waals surface area contributed by atoms with Crippen LogP contribution >= 0.6 is 0 Å². The van der Waals surface area contributed by atoms with Crippen molar-refractivity contribution in [3.63, 3.8) is 0 Å². The molecule has 0 aromatic rings. The Labute approximate surface area is 93.9 Å². The van der Waals surface area contributed by atoms with Crippen LogP contribution in [0.15, 0.2) is 0 Å². The van der Waals surface area contributed by atoms with Gasteiger partial charge in [0, 0.05) is 30.7 Å². The summed E-state index contributed by atoms with van der Waals surface area (Å²) in [7, 11) is 0. The summed E-state index contributed by atoms with van der Waals surface area (Å²) in [5, 5.41) is 12.8. The van der Waals surface area contributed by atoms with Gasteiger partial charge in [-0.1, -0.05) is 0 Å². The highest BCUT2D eigenvalue weighted by atomic mass is 16.3. The Balaban J connectivity index is 2.52. The molecule has 1 fully saturated rings. The van der Waals surface area contributed by atoms with E-state index in [1.54, 1.807) is 0 Å². The lowest BCUT2D eigenvalue weighted by Gasteiger charge is -2.40. The highest BCUT2D eigenvalue weighted by Gasteiger charge is 2.30. The Morgan fingerprint density at radius 2 is 2.00 bits per heavy atom. The molecule has 1 aliphatic rings. The summed E-state index contributed by atoms with van der Waals surface area (Å²) in [5.74, 6) is 0. The molecule has 0 bridgehead atoms. The zero-order chi connectivity index (χ0) is 11.6. The Morgan fingerprint density at radius 3 is 2.33 bits per heavy atom. The second-order valence-electron chi connectivity index (χ2n) is 5.91. The minimum absolute atomic E-state index is 0.149. The summed E-state index contributed by atoms with van der Waals surface area (Å²) < 4.78 is 0. The van der Waals surface area contributed by atoms with Crippen LogP contribution in [0.2, 0.25) is 0 Å². The average Bonchev–Trinajstić information content (AvgIpc) is 2.44. The van der Waals surface area contributed by atoms with Crippen molar-refractivity contribution in [2.75, 3.05) is 13.1 Å². The van der Waals surface area contributed by atoms with Gasteiger partial charge in [0.1, 0.15) is 0 Å². The molecule has 2 N–H and O–H groups in total. The minimum Gasteiger partial charge on any atom is -0.392 e. The van der Waals surface area contributed by atoms with Crippen LogP contribution in [-0.4, -0.2) is 46.8 Å². The third-order valence-corrected chi connectivity index (χ3v) is 3.10. The van der Waals surface area contributed by atoms with E-state index in [2.05, 4.69) is 44.8 Å². The van der Waals surface area contributed by atoms with E-state index in [-0.39, 0.29) is 11.6 Å². The summed E-state index contributed by atoms with van der Waals surface area (Å²) in [4.78, 5) is 2.49. The number of aliphatic hydroxyl groups is 1. The van der Waals surface area contributed by atoms with Crippen LogP contribution in [0.5, 0.6) is 0 Å². The first-order valence-electron chi connectivity index (χ1n) is 5.99. The molecule has 0 radical (unpaired) electrons. The Kier molecular flexibility index (Phi) is 4.15. The molecule has 3 nitrogen and oxygen atoms in total. The van der Waals surface area contributed by atoms with Crippen molar-refractivity contribution in [1.29, 1.82) is 0 Å². The number of aliphatic hydroxyl groups excluding tert-OH is 1. The van der Waals surface area contributed by atoms with Gasteiger partial charge in [-0.15, -0.1) is 0 Å². The van der Waals surface area contributed by atoms with Crippen LogP contribution in [0.3, 0.4) is 0 Å². The molecule has 0 spiro atoms. The number of nitrogens with zero attached hydrogens (tertiary/aromatic N) is 1. The maximum Gasteiger partial charge on any atom is 0.0680 e. The van der Waals surface area contributed by atoms with Gasteiger partial charge in [-0.05, 0) is 41.0 Å². The Morgan fingerprint density at radius 1 is 1.40 bits per heavy atom. The third kappa shape index (κ3) is 3.74. The zero-order valence-corrected chi connectivity index (χ0v) is 10.7. The normalized spacial score (nSPS) is 28.0. The van der Waals surface area contributed by atoms with E-state index in [0.29, 0.717) is 12.1 Å². The van der Waals surface area contributed by atoms with E-state index in [1.165, 1.54) is 0 Å². The van der Waals surface area contributed by atoms with Gasteiger partial charge in [-0.25, -0.2) is 0 Å². The topological polar surface area (TPSA) is 35.5 Å². The Bertz CT molecular complexity index is 198. The maximum absolute atomic E-state index is 9.47. The second-order valence-corrected chi connectivity index (χ2v) is 5.91. The van der Waals surface area contributed by atoms with Crippen molar-refractivity contribution in [1.82, 2.24) is 10.2 Å². The van der Waals surface area contributed by atoms with E-state index < -0.39 is 0 Å².